The number of thiocarbonyl (C=S) groups is 1. The van der Waals surface area contributed by atoms with Crippen LogP contribution in [0.2, 0.25) is 0 Å². The van der Waals surface area contributed by atoms with Crippen LogP contribution in [0, 0.1) is 0 Å². The zero-order valence-corrected chi connectivity index (χ0v) is 13.5. The van der Waals surface area contributed by atoms with Crippen molar-refractivity contribution in [1.29, 1.82) is 0 Å². The van der Waals surface area contributed by atoms with Gasteiger partial charge in [0.1, 0.15) is 15.0 Å². The summed E-state index contributed by atoms with van der Waals surface area (Å²) in [5.41, 5.74) is 0.338. The lowest BCUT2D eigenvalue weighted by Crippen LogP contribution is -2.27. The number of carbonyl (C=O) groups excluding carboxylic acids is 1. The summed E-state index contributed by atoms with van der Waals surface area (Å²) in [6.45, 7) is 3.83. The molecule has 2 N–H and O–H groups in total. The van der Waals surface area contributed by atoms with E-state index in [4.69, 9.17) is 16.8 Å². The van der Waals surface area contributed by atoms with E-state index in [0.29, 0.717) is 14.8 Å². The van der Waals surface area contributed by atoms with Gasteiger partial charge in [0, 0.05) is 6.54 Å². The molecule has 0 spiro atoms. The van der Waals surface area contributed by atoms with Crippen LogP contribution in [0.1, 0.15) is 5.56 Å². The average molecular weight is 357 g/mol. The summed E-state index contributed by atoms with van der Waals surface area (Å²) in [5.74, 6) is -0.879. The van der Waals surface area contributed by atoms with Crippen LogP contribution in [-0.4, -0.2) is 39.7 Å². The molecule has 9 heteroatoms. The van der Waals surface area contributed by atoms with Gasteiger partial charge < -0.3 is 5.11 Å². The molecular formula is C13H11NO5S3. The number of nitrogens with zero attached hydrogens (tertiary/aromatic N) is 1. The van der Waals surface area contributed by atoms with Crippen LogP contribution in [0.3, 0.4) is 0 Å². The van der Waals surface area contributed by atoms with Crippen LogP contribution in [0.15, 0.2) is 40.7 Å². The van der Waals surface area contributed by atoms with Gasteiger partial charge in [-0.3, -0.25) is 14.2 Å². The first kappa shape index (κ1) is 16.7. The first-order valence-corrected chi connectivity index (χ1v) is 8.57. The molecule has 1 heterocycles. The van der Waals surface area contributed by atoms with Crippen LogP contribution in [0.4, 0.5) is 0 Å². The normalized spacial score (nSPS) is 17.3. The fourth-order valence-electron chi connectivity index (χ4n) is 1.76. The molecule has 0 bridgehead atoms. The lowest BCUT2D eigenvalue weighted by Gasteiger charge is -2.10. The van der Waals surface area contributed by atoms with E-state index >= 15 is 0 Å². The minimum Gasteiger partial charge on any atom is -0.506 e. The van der Waals surface area contributed by atoms with E-state index in [2.05, 4.69) is 6.58 Å². The number of benzene rings is 1. The van der Waals surface area contributed by atoms with Crippen molar-refractivity contribution in [3.63, 3.8) is 0 Å². The number of hydrogen-bond acceptors (Lipinski definition) is 6. The van der Waals surface area contributed by atoms with Crippen LogP contribution >= 0.6 is 24.0 Å². The Labute approximate surface area is 136 Å². The molecule has 22 heavy (non-hydrogen) atoms. The molecule has 0 saturated carbocycles. The number of rotatable bonds is 4. The lowest BCUT2D eigenvalue weighted by molar-refractivity contribution is -0.121. The number of phenolic OH excluding ortho intramolecular Hbond substituents is 1. The number of thioether (sulfide) groups is 1. The summed E-state index contributed by atoms with van der Waals surface area (Å²) in [7, 11) is -4.55. The van der Waals surface area contributed by atoms with Gasteiger partial charge in [-0.15, -0.1) is 6.58 Å². The van der Waals surface area contributed by atoms with E-state index < -0.39 is 20.8 Å². The quantitative estimate of drug-likeness (QED) is 0.368. The topological polar surface area (TPSA) is 94.9 Å². The van der Waals surface area contributed by atoms with Crippen LogP contribution < -0.4 is 0 Å². The Morgan fingerprint density at radius 3 is 2.68 bits per heavy atom. The Morgan fingerprint density at radius 2 is 2.09 bits per heavy atom. The van der Waals surface area contributed by atoms with Gasteiger partial charge in [-0.1, -0.05) is 36.1 Å². The number of aromatic hydroxyl groups is 1. The third-order valence-electron chi connectivity index (χ3n) is 2.74. The van der Waals surface area contributed by atoms with E-state index in [-0.39, 0.29) is 12.5 Å². The monoisotopic (exact) mass is 357 g/mol. The SMILES string of the molecule is C=CCN1C(=O)C(=Cc2ccc(O)c(S(=O)(=O)O)c2)SC1=S. The van der Waals surface area contributed by atoms with Crippen molar-refractivity contribution in [1.82, 2.24) is 4.90 Å². The van der Waals surface area contributed by atoms with Crippen molar-refractivity contribution in [3.8, 4) is 5.75 Å². The van der Waals surface area contributed by atoms with Gasteiger partial charge in [0.05, 0.1) is 4.91 Å². The first-order valence-electron chi connectivity index (χ1n) is 5.91. The minimum atomic E-state index is -4.55. The fourth-order valence-corrected chi connectivity index (χ4v) is 3.66. The maximum absolute atomic E-state index is 12.1. The molecule has 0 unspecified atom stereocenters. The van der Waals surface area contributed by atoms with Gasteiger partial charge in [0.25, 0.3) is 16.0 Å². The number of hydrogen-bond donors (Lipinski definition) is 2. The highest BCUT2D eigenvalue weighted by atomic mass is 32.2. The van der Waals surface area contributed by atoms with Gasteiger partial charge in [0.2, 0.25) is 0 Å². The van der Waals surface area contributed by atoms with Crippen molar-refractivity contribution in [3.05, 3.63) is 41.3 Å². The van der Waals surface area contributed by atoms with Gasteiger partial charge in [-0.2, -0.15) is 8.42 Å². The summed E-state index contributed by atoms with van der Waals surface area (Å²) < 4.78 is 31.7. The van der Waals surface area contributed by atoms with E-state index in [0.717, 1.165) is 23.9 Å². The van der Waals surface area contributed by atoms with Gasteiger partial charge in [-0.05, 0) is 23.8 Å². The maximum Gasteiger partial charge on any atom is 0.298 e. The zero-order chi connectivity index (χ0) is 16.5. The summed E-state index contributed by atoms with van der Waals surface area (Å²) >= 11 is 6.17. The predicted molar refractivity (Wildman–Crippen MR) is 88.0 cm³/mol. The molecule has 1 aromatic carbocycles. The molecule has 116 valence electrons. The fraction of sp³-hybridized carbons (Fsp3) is 0.0769. The summed E-state index contributed by atoms with van der Waals surface area (Å²) in [5, 5.41) is 9.47. The highest BCUT2D eigenvalue weighted by Crippen LogP contribution is 2.33. The number of amides is 1. The Hall–Kier alpha value is -1.68. The van der Waals surface area contributed by atoms with E-state index in [1.807, 2.05) is 0 Å². The number of phenols is 1. The average Bonchev–Trinajstić information content (AvgIpc) is 2.68. The van der Waals surface area contributed by atoms with Gasteiger partial charge in [-0.25, -0.2) is 0 Å². The zero-order valence-electron chi connectivity index (χ0n) is 11.1. The smallest absolute Gasteiger partial charge is 0.298 e. The molecule has 6 nitrogen and oxygen atoms in total. The van der Waals surface area contributed by atoms with E-state index in [1.165, 1.54) is 17.0 Å². The van der Waals surface area contributed by atoms with Crippen molar-refractivity contribution < 1.29 is 22.9 Å². The van der Waals surface area contributed by atoms with E-state index in [9.17, 15) is 18.3 Å². The third-order valence-corrected chi connectivity index (χ3v) is 5.01. The molecule has 1 saturated heterocycles. The third kappa shape index (κ3) is 3.38. The predicted octanol–water partition coefficient (Wildman–Crippen LogP) is 2.03. The molecular weight excluding hydrogens is 346 g/mol. The van der Waals surface area contributed by atoms with Gasteiger partial charge in [0.15, 0.2) is 0 Å². The Kier molecular flexibility index (Phi) is 4.71. The summed E-state index contributed by atoms with van der Waals surface area (Å²) in [6.07, 6.45) is 2.99. The van der Waals surface area contributed by atoms with Crippen LogP contribution in [0.5, 0.6) is 5.75 Å². The van der Waals surface area contributed by atoms with Crippen molar-refractivity contribution in [2.75, 3.05) is 6.54 Å². The second-order valence-electron chi connectivity index (χ2n) is 4.28. The molecule has 1 aromatic rings. The van der Waals surface area contributed by atoms with Crippen LogP contribution in [-0.2, 0) is 14.9 Å². The molecule has 1 aliphatic rings. The second-order valence-corrected chi connectivity index (χ2v) is 7.35. The molecule has 0 aromatic heterocycles. The standard InChI is InChI=1S/C13H11NO5S3/c1-2-5-14-12(16)10(21-13(14)20)6-8-3-4-9(15)11(7-8)22(17,18)19/h2-4,6-7,15H,1,5H2,(H,17,18,19). The molecule has 2 rings (SSSR count). The summed E-state index contributed by atoms with van der Waals surface area (Å²) in [4.78, 5) is 13.2. The van der Waals surface area contributed by atoms with Crippen molar-refractivity contribution >= 4 is 50.4 Å². The van der Waals surface area contributed by atoms with Crippen molar-refractivity contribution in [2.45, 2.75) is 4.90 Å². The van der Waals surface area contributed by atoms with Crippen molar-refractivity contribution in [2.24, 2.45) is 0 Å². The maximum atomic E-state index is 12.1. The minimum absolute atomic E-state index is 0.286. The highest BCUT2D eigenvalue weighted by molar-refractivity contribution is 8.26. The Morgan fingerprint density at radius 1 is 1.41 bits per heavy atom. The molecule has 1 fully saturated rings. The molecule has 1 amide bonds. The largest absolute Gasteiger partial charge is 0.506 e. The second kappa shape index (κ2) is 6.21. The molecule has 0 atom stereocenters. The van der Waals surface area contributed by atoms with Crippen LogP contribution in [0.25, 0.3) is 6.08 Å². The molecule has 0 aliphatic carbocycles. The Balaban J connectivity index is 2.41. The first-order chi connectivity index (χ1) is 10.2. The Bertz CT molecular complexity index is 798. The van der Waals surface area contributed by atoms with Gasteiger partial charge >= 0.3 is 0 Å². The molecule has 0 radical (unpaired) electrons. The highest BCUT2D eigenvalue weighted by Gasteiger charge is 2.31. The van der Waals surface area contributed by atoms with E-state index in [1.54, 1.807) is 6.08 Å². The number of carbonyl (C=O) groups is 1. The lowest BCUT2D eigenvalue weighted by atomic mass is 10.2. The molecule has 1 aliphatic heterocycles. The summed E-state index contributed by atoms with van der Waals surface area (Å²) in [6, 6.07) is 3.62.